The number of furan rings is 1. The summed E-state index contributed by atoms with van der Waals surface area (Å²) in [6, 6.07) is 8.33. The molecule has 1 saturated heterocycles. The molecule has 11 heteroatoms. The summed E-state index contributed by atoms with van der Waals surface area (Å²) >= 11 is 11.8. The highest BCUT2D eigenvalue weighted by Crippen LogP contribution is 2.22. The Morgan fingerprint density at radius 2 is 1.94 bits per heavy atom. The summed E-state index contributed by atoms with van der Waals surface area (Å²) in [5, 5.41) is 5.09. The van der Waals surface area contributed by atoms with Crippen LogP contribution in [0.15, 0.2) is 41.0 Å². The predicted octanol–water partition coefficient (Wildman–Crippen LogP) is 3.12. The predicted molar refractivity (Wildman–Crippen MR) is 121 cm³/mol. The molecule has 1 aromatic carbocycles. The minimum Gasteiger partial charge on any atom is -0.461 e. The van der Waals surface area contributed by atoms with Crippen molar-refractivity contribution < 1.29 is 13.6 Å². The molecule has 4 rings (SSSR count). The molecule has 1 aliphatic heterocycles. The lowest BCUT2D eigenvalue weighted by Crippen LogP contribution is -2.46. The molecule has 0 aliphatic carbocycles. The molecule has 0 saturated carbocycles. The van der Waals surface area contributed by atoms with Crippen molar-refractivity contribution in [3.8, 4) is 11.6 Å². The maximum absolute atomic E-state index is 14.1. The first-order valence-corrected chi connectivity index (χ1v) is 11.1. The molecule has 32 heavy (non-hydrogen) atoms. The van der Waals surface area contributed by atoms with E-state index in [0.717, 1.165) is 26.2 Å². The SMILES string of the molecule is NC(=O)CCn1c(-c2ccco2)nn(CN2CCN(Cc3c(F)cccc3Cl)CC2)c1=S. The monoisotopic (exact) mass is 478 g/mol. The van der Waals surface area contributed by atoms with E-state index < -0.39 is 5.91 Å². The molecule has 1 amide bonds. The van der Waals surface area contributed by atoms with Gasteiger partial charge in [-0.25, -0.2) is 9.07 Å². The Kier molecular flexibility index (Phi) is 7.04. The molecule has 2 aromatic heterocycles. The maximum Gasteiger partial charge on any atom is 0.219 e. The van der Waals surface area contributed by atoms with E-state index in [4.69, 9.17) is 34.0 Å². The van der Waals surface area contributed by atoms with Crippen LogP contribution in [0.1, 0.15) is 12.0 Å². The van der Waals surface area contributed by atoms with Gasteiger partial charge in [0.1, 0.15) is 5.82 Å². The van der Waals surface area contributed by atoms with Crippen molar-refractivity contribution in [2.24, 2.45) is 5.73 Å². The van der Waals surface area contributed by atoms with Crippen LogP contribution in [-0.4, -0.2) is 56.2 Å². The third kappa shape index (κ3) is 5.09. The lowest BCUT2D eigenvalue weighted by molar-refractivity contribution is -0.118. The van der Waals surface area contributed by atoms with Gasteiger partial charge in [0.25, 0.3) is 0 Å². The fraction of sp³-hybridized carbons (Fsp3) is 0.381. The first-order valence-electron chi connectivity index (χ1n) is 10.3. The summed E-state index contributed by atoms with van der Waals surface area (Å²) in [5.41, 5.74) is 5.85. The van der Waals surface area contributed by atoms with Crippen LogP contribution in [0.2, 0.25) is 5.02 Å². The summed E-state index contributed by atoms with van der Waals surface area (Å²) in [5.74, 6) is 0.453. The third-order valence-corrected chi connectivity index (χ3v) is 6.27. The number of nitrogens with zero attached hydrogens (tertiary/aromatic N) is 5. The van der Waals surface area contributed by atoms with Gasteiger partial charge < -0.3 is 10.2 Å². The van der Waals surface area contributed by atoms with Crippen LogP contribution in [0.25, 0.3) is 11.6 Å². The van der Waals surface area contributed by atoms with Crippen molar-refractivity contribution in [3.63, 3.8) is 0 Å². The van der Waals surface area contributed by atoms with E-state index in [-0.39, 0.29) is 12.2 Å². The van der Waals surface area contributed by atoms with Gasteiger partial charge in [-0.15, -0.1) is 5.10 Å². The molecule has 0 bridgehead atoms. The Morgan fingerprint density at radius 1 is 1.19 bits per heavy atom. The van der Waals surface area contributed by atoms with Gasteiger partial charge in [-0.2, -0.15) is 0 Å². The van der Waals surface area contributed by atoms with E-state index in [1.807, 2.05) is 0 Å². The molecule has 0 radical (unpaired) electrons. The lowest BCUT2D eigenvalue weighted by Gasteiger charge is -2.34. The van der Waals surface area contributed by atoms with Gasteiger partial charge in [-0.1, -0.05) is 17.7 Å². The first-order chi connectivity index (χ1) is 15.4. The van der Waals surface area contributed by atoms with Gasteiger partial charge in [0.15, 0.2) is 16.4 Å². The summed E-state index contributed by atoms with van der Waals surface area (Å²) < 4.78 is 23.6. The molecule has 0 atom stereocenters. The van der Waals surface area contributed by atoms with Crippen molar-refractivity contribution in [3.05, 3.63) is 57.8 Å². The van der Waals surface area contributed by atoms with Crippen LogP contribution in [-0.2, 0) is 24.6 Å². The van der Waals surface area contributed by atoms with Gasteiger partial charge in [0.2, 0.25) is 5.91 Å². The molecule has 170 valence electrons. The van der Waals surface area contributed by atoms with Gasteiger partial charge in [-0.05, 0) is 36.5 Å². The number of aromatic nitrogens is 3. The molecule has 1 fully saturated rings. The number of amides is 1. The van der Waals surface area contributed by atoms with Crippen LogP contribution in [0, 0.1) is 10.6 Å². The summed E-state index contributed by atoms with van der Waals surface area (Å²) in [7, 11) is 0. The summed E-state index contributed by atoms with van der Waals surface area (Å²) in [6.07, 6.45) is 1.72. The summed E-state index contributed by atoms with van der Waals surface area (Å²) in [4.78, 5) is 15.7. The second-order valence-corrected chi connectivity index (χ2v) is 8.46. The fourth-order valence-corrected chi connectivity index (χ4v) is 4.23. The fourth-order valence-electron chi connectivity index (χ4n) is 3.73. The minimum absolute atomic E-state index is 0.158. The van der Waals surface area contributed by atoms with Crippen molar-refractivity contribution in [1.29, 1.82) is 0 Å². The third-order valence-electron chi connectivity index (χ3n) is 5.49. The number of rotatable bonds is 8. The summed E-state index contributed by atoms with van der Waals surface area (Å²) in [6.45, 7) is 4.40. The Labute approximate surface area is 195 Å². The zero-order chi connectivity index (χ0) is 22.7. The van der Waals surface area contributed by atoms with Crippen LogP contribution >= 0.6 is 23.8 Å². The number of hydrogen-bond acceptors (Lipinski definition) is 6. The average Bonchev–Trinajstić information content (AvgIpc) is 3.39. The highest BCUT2D eigenvalue weighted by molar-refractivity contribution is 7.71. The van der Waals surface area contributed by atoms with Crippen molar-refractivity contribution in [2.75, 3.05) is 26.2 Å². The highest BCUT2D eigenvalue weighted by Gasteiger charge is 2.22. The molecule has 3 heterocycles. The lowest BCUT2D eigenvalue weighted by atomic mass is 10.2. The van der Waals surface area contributed by atoms with Crippen molar-refractivity contribution in [2.45, 2.75) is 26.2 Å². The molecular weight excluding hydrogens is 455 g/mol. The Balaban J connectivity index is 1.43. The molecule has 0 unspecified atom stereocenters. The second kappa shape index (κ2) is 9.95. The van der Waals surface area contributed by atoms with Crippen molar-refractivity contribution >= 4 is 29.7 Å². The smallest absolute Gasteiger partial charge is 0.219 e. The zero-order valence-corrected chi connectivity index (χ0v) is 19.0. The number of benzene rings is 1. The Hall–Kier alpha value is -2.53. The van der Waals surface area contributed by atoms with Gasteiger partial charge in [0, 0.05) is 56.3 Å². The number of piperazine rings is 1. The molecule has 3 aromatic rings. The van der Waals surface area contributed by atoms with E-state index in [9.17, 15) is 9.18 Å². The number of primary amides is 1. The average molecular weight is 479 g/mol. The van der Waals surface area contributed by atoms with E-state index in [0.29, 0.717) is 46.7 Å². The first kappa shape index (κ1) is 22.7. The Bertz CT molecular complexity index is 1120. The maximum atomic E-state index is 14.1. The van der Waals surface area contributed by atoms with Crippen molar-refractivity contribution in [1.82, 2.24) is 24.1 Å². The van der Waals surface area contributed by atoms with Gasteiger partial charge >= 0.3 is 0 Å². The highest BCUT2D eigenvalue weighted by atomic mass is 35.5. The van der Waals surface area contributed by atoms with E-state index in [2.05, 4.69) is 14.9 Å². The van der Waals surface area contributed by atoms with E-state index >= 15 is 0 Å². The molecule has 2 N–H and O–H groups in total. The number of halogens is 2. The normalized spacial score (nSPS) is 15.3. The number of carbonyl (C=O) groups excluding carboxylic acids is 1. The molecule has 8 nitrogen and oxygen atoms in total. The second-order valence-electron chi connectivity index (χ2n) is 7.69. The minimum atomic E-state index is -0.406. The number of hydrogen-bond donors (Lipinski definition) is 1. The topological polar surface area (TPSA) is 85.5 Å². The number of carbonyl (C=O) groups is 1. The largest absolute Gasteiger partial charge is 0.461 e. The standard InChI is InChI=1S/C21H24ClFN6O2S/c22-16-3-1-4-17(23)15(16)13-26-8-10-27(11-9-26)14-29-21(32)28(7-6-19(24)30)20(25-29)18-5-2-12-31-18/h1-5,12H,6-11,13-14H2,(H2,24,30). The zero-order valence-electron chi connectivity index (χ0n) is 17.4. The van der Waals surface area contributed by atoms with Gasteiger partial charge in [0.05, 0.1) is 12.9 Å². The van der Waals surface area contributed by atoms with Crippen LogP contribution in [0.5, 0.6) is 0 Å². The van der Waals surface area contributed by atoms with Crippen LogP contribution < -0.4 is 5.73 Å². The molecule has 1 aliphatic rings. The van der Waals surface area contributed by atoms with E-state index in [1.165, 1.54) is 6.07 Å². The van der Waals surface area contributed by atoms with Gasteiger partial charge in [-0.3, -0.25) is 19.2 Å². The van der Waals surface area contributed by atoms with Crippen LogP contribution in [0.4, 0.5) is 4.39 Å². The molecule has 0 spiro atoms. The van der Waals surface area contributed by atoms with Crippen LogP contribution in [0.3, 0.4) is 0 Å². The molecular formula is C21H24ClFN6O2S. The quantitative estimate of drug-likeness (QED) is 0.501. The number of nitrogens with two attached hydrogens (primary N) is 1. The van der Waals surface area contributed by atoms with E-state index in [1.54, 1.807) is 39.8 Å². The Morgan fingerprint density at radius 3 is 2.59 bits per heavy atom.